The molecule has 0 atom stereocenters. The van der Waals surface area contributed by atoms with Crippen LogP contribution in [0.15, 0.2) is 340 Å². The molecule has 438 valence electrons. The zero-order valence-electron chi connectivity index (χ0n) is 51.0. The first kappa shape index (κ1) is 53.2. The highest BCUT2D eigenvalue weighted by Crippen LogP contribution is 2.41. The Hall–Kier alpha value is -12.6. The van der Waals surface area contributed by atoms with E-state index in [0.717, 1.165) is 134 Å². The van der Waals surface area contributed by atoms with Crippen molar-refractivity contribution in [1.82, 2.24) is 28.2 Å². The van der Waals surface area contributed by atoms with Crippen molar-refractivity contribution in [3.8, 4) is 90.0 Å². The van der Waals surface area contributed by atoms with Crippen LogP contribution < -0.4 is 0 Å². The van der Waals surface area contributed by atoms with Gasteiger partial charge in [0.2, 0.25) is 0 Å². The SMILES string of the molecule is c1cc(-c2cc(-c3cccc(-n4c5ccccc5c5ccccc54)c3)nc(-c3cccc(-n4c5ccccc5c5ccccc54)c3)c2)cc(-c2cc(-c3cccc(-n4c5ccccc5c5ccccc54)c3)nc(-c3cccc(-n4c5ccccc5c5ccccc54)c3)c2)c1. The molecular weight excluding hydrogens is 1140 g/mol. The standard InChI is InChI=1S/C88H56N6/c1-9-40-81-69(32-1)70-33-2-10-41-82(70)91(81)65-28-18-24-59(49-65)77-53-63(54-78(89-77)60-25-19-29-66(50-60)92-83-42-11-3-34-71(83)72-35-4-12-43-84(72)92)57-22-17-23-58(48-57)64-55-79(61-26-20-30-67(51-61)93-85-44-13-5-36-73(85)74-37-6-14-45-86(74)93)90-80(56-64)62-27-21-31-68(52-62)94-87-46-15-7-38-75(87)76-39-8-16-47-88(76)94/h1-56H. The van der Waals surface area contributed by atoms with Crippen molar-refractivity contribution in [2.75, 3.05) is 0 Å². The molecule has 6 nitrogen and oxygen atoms in total. The highest BCUT2D eigenvalue weighted by molar-refractivity contribution is 6.12. The second-order valence-corrected chi connectivity index (χ2v) is 24.5. The zero-order chi connectivity index (χ0) is 61.8. The normalized spacial score (nSPS) is 11.8. The molecule has 0 aliphatic rings. The Morgan fingerprint density at radius 2 is 0.340 bits per heavy atom. The summed E-state index contributed by atoms with van der Waals surface area (Å²) in [6, 6.07) is 123. The second-order valence-electron chi connectivity index (χ2n) is 24.5. The minimum atomic E-state index is 0.877. The molecular formula is C88H56N6. The largest absolute Gasteiger partial charge is 0.309 e. The maximum Gasteiger partial charge on any atom is 0.0716 e. The van der Waals surface area contributed by atoms with Crippen molar-refractivity contribution in [3.05, 3.63) is 340 Å². The van der Waals surface area contributed by atoms with Crippen molar-refractivity contribution in [1.29, 1.82) is 0 Å². The van der Waals surface area contributed by atoms with Crippen LogP contribution >= 0.6 is 0 Å². The summed E-state index contributed by atoms with van der Waals surface area (Å²) in [7, 11) is 0. The molecule has 6 heteroatoms. The van der Waals surface area contributed by atoms with Crippen LogP contribution in [0.3, 0.4) is 0 Å². The van der Waals surface area contributed by atoms with Crippen LogP contribution in [0.2, 0.25) is 0 Å². The predicted octanol–water partition coefficient (Wildman–Crippen LogP) is 22.9. The number of pyridine rings is 2. The summed E-state index contributed by atoms with van der Waals surface area (Å²) in [6.45, 7) is 0. The fourth-order valence-corrected chi connectivity index (χ4v) is 14.9. The van der Waals surface area contributed by atoms with Crippen molar-refractivity contribution in [3.63, 3.8) is 0 Å². The van der Waals surface area contributed by atoms with Gasteiger partial charge in [-0.3, -0.25) is 0 Å². The lowest BCUT2D eigenvalue weighted by molar-refractivity contribution is 1.17. The van der Waals surface area contributed by atoms with Gasteiger partial charge in [0.05, 0.1) is 66.9 Å². The van der Waals surface area contributed by atoms with E-state index in [1.807, 2.05) is 0 Å². The molecule has 0 radical (unpaired) electrons. The van der Waals surface area contributed by atoms with E-state index in [2.05, 4.69) is 358 Å². The molecule has 0 bridgehead atoms. The summed E-state index contributed by atoms with van der Waals surface area (Å²) < 4.78 is 9.54. The van der Waals surface area contributed by atoms with Crippen LogP contribution in [-0.2, 0) is 0 Å². The second kappa shape index (κ2) is 21.5. The van der Waals surface area contributed by atoms with Crippen molar-refractivity contribution in [2.24, 2.45) is 0 Å². The van der Waals surface area contributed by atoms with E-state index in [4.69, 9.17) is 9.97 Å². The minimum Gasteiger partial charge on any atom is -0.309 e. The third-order valence-corrected chi connectivity index (χ3v) is 19.1. The number of hydrogen-bond donors (Lipinski definition) is 0. The number of aromatic nitrogens is 6. The molecule has 6 heterocycles. The van der Waals surface area contributed by atoms with E-state index in [1.54, 1.807) is 0 Å². The molecule has 0 aliphatic carbocycles. The Labute approximate surface area is 542 Å². The van der Waals surface area contributed by atoms with Gasteiger partial charge in [0, 0.05) is 88.1 Å². The fraction of sp³-hybridized carbons (Fsp3) is 0. The monoisotopic (exact) mass is 1200 g/mol. The first-order valence-electron chi connectivity index (χ1n) is 32.1. The molecule has 19 aromatic rings. The Kier molecular flexibility index (Phi) is 12.2. The van der Waals surface area contributed by atoms with E-state index in [1.165, 1.54) is 43.1 Å². The summed E-state index contributed by atoms with van der Waals surface area (Å²) in [5.74, 6) is 0. The molecule has 19 rings (SSSR count). The van der Waals surface area contributed by atoms with Gasteiger partial charge in [-0.1, -0.05) is 212 Å². The first-order valence-corrected chi connectivity index (χ1v) is 32.1. The van der Waals surface area contributed by atoms with Crippen LogP contribution in [-0.4, -0.2) is 28.2 Å². The van der Waals surface area contributed by atoms with Gasteiger partial charge in [0.1, 0.15) is 0 Å². The molecule has 0 unspecified atom stereocenters. The molecule has 0 fully saturated rings. The number of hydrogen-bond acceptors (Lipinski definition) is 2. The minimum absolute atomic E-state index is 0.877. The van der Waals surface area contributed by atoms with E-state index in [9.17, 15) is 0 Å². The van der Waals surface area contributed by atoms with Crippen LogP contribution in [0.25, 0.3) is 177 Å². The third kappa shape index (κ3) is 8.65. The zero-order valence-corrected chi connectivity index (χ0v) is 51.0. The predicted molar refractivity (Wildman–Crippen MR) is 392 cm³/mol. The Balaban J connectivity index is 0.790. The van der Waals surface area contributed by atoms with Gasteiger partial charge in [0.25, 0.3) is 0 Å². The number of fused-ring (bicyclic) bond motifs is 12. The van der Waals surface area contributed by atoms with Gasteiger partial charge in [-0.25, -0.2) is 9.97 Å². The van der Waals surface area contributed by atoms with Gasteiger partial charge in [-0.2, -0.15) is 0 Å². The number of nitrogens with zero attached hydrogens (tertiary/aromatic N) is 6. The molecule has 0 aliphatic heterocycles. The van der Waals surface area contributed by atoms with Gasteiger partial charge in [-0.05, 0) is 150 Å². The highest BCUT2D eigenvalue weighted by atomic mass is 15.0. The quantitative estimate of drug-likeness (QED) is 0.137. The first-order chi connectivity index (χ1) is 46.6. The number of para-hydroxylation sites is 8. The van der Waals surface area contributed by atoms with Gasteiger partial charge >= 0.3 is 0 Å². The molecule has 0 amide bonds. The highest BCUT2D eigenvalue weighted by Gasteiger charge is 2.20. The van der Waals surface area contributed by atoms with Crippen LogP contribution in [0.5, 0.6) is 0 Å². The average Bonchev–Trinajstić information content (AvgIpc) is 1.60. The van der Waals surface area contributed by atoms with E-state index in [0.29, 0.717) is 0 Å². The summed E-state index contributed by atoms with van der Waals surface area (Å²) in [4.78, 5) is 11.3. The fourth-order valence-electron chi connectivity index (χ4n) is 14.9. The Morgan fingerprint density at radius 1 is 0.149 bits per heavy atom. The van der Waals surface area contributed by atoms with Crippen LogP contribution in [0.4, 0.5) is 0 Å². The van der Waals surface area contributed by atoms with Crippen molar-refractivity contribution in [2.45, 2.75) is 0 Å². The maximum atomic E-state index is 5.65. The molecule has 0 saturated heterocycles. The maximum absolute atomic E-state index is 5.65. The van der Waals surface area contributed by atoms with E-state index in [-0.39, 0.29) is 0 Å². The summed E-state index contributed by atoms with van der Waals surface area (Å²) in [5.41, 5.74) is 25.4. The average molecular weight is 1200 g/mol. The number of benzene rings is 13. The molecule has 94 heavy (non-hydrogen) atoms. The summed E-state index contributed by atoms with van der Waals surface area (Å²) >= 11 is 0. The van der Waals surface area contributed by atoms with Crippen LogP contribution in [0, 0.1) is 0 Å². The van der Waals surface area contributed by atoms with Crippen LogP contribution in [0.1, 0.15) is 0 Å². The number of rotatable bonds is 10. The lowest BCUT2D eigenvalue weighted by atomic mass is 9.95. The van der Waals surface area contributed by atoms with Gasteiger partial charge < -0.3 is 18.3 Å². The lowest BCUT2D eigenvalue weighted by Crippen LogP contribution is -1.97. The van der Waals surface area contributed by atoms with E-state index < -0.39 is 0 Å². The Bertz CT molecular complexity index is 5330. The molecule has 6 aromatic heterocycles. The summed E-state index contributed by atoms with van der Waals surface area (Å²) in [6.07, 6.45) is 0. The summed E-state index contributed by atoms with van der Waals surface area (Å²) in [5, 5.41) is 9.80. The Morgan fingerprint density at radius 3 is 0.564 bits per heavy atom. The third-order valence-electron chi connectivity index (χ3n) is 19.1. The van der Waals surface area contributed by atoms with Gasteiger partial charge in [-0.15, -0.1) is 0 Å². The molecule has 0 N–H and O–H groups in total. The smallest absolute Gasteiger partial charge is 0.0716 e. The topological polar surface area (TPSA) is 45.5 Å². The van der Waals surface area contributed by atoms with Gasteiger partial charge in [0.15, 0.2) is 0 Å². The molecule has 0 spiro atoms. The van der Waals surface area contributed by atoms with Crippen molar-refractivity contribution >= 4 is 87.2 Å². The molecule has 0 saturated carbocycles. The van der Waals surface area contributed by atoms with E-state index >= 15 is 0 Å². The van der Waals surface area contributed by atoms with Crippen molar-refractivity contribution < 1.29 is 0 Å². The molecule has 13 aromatic carbocycles. The lowest BCUT2D eigenvalue weighted by Gasteiger charge is -2.15.